The highest BCUT2D eigenvalue weighted by molar-refractivity contribution is 5.63. The van der Waals surface area contributed by atoms with Crippen molar-refractivity contribution >= 4 is 0 Å². The second-order valence-electron chi connectivity index (χ2n) is 8.84. The largest absolute Gasteiger partial charge is 0.295 e. The van der Waals surface area contributed by atoms with Crippen molar-refractivity contribution in [2.45, 2.75) is 31.3 Å². The Bertz CT molecular complexity index is 1060. The normalized spacial score (nSPS) is 18.2. The van der Waals surface area contributed by atoms with Crippen molar-refractivity contribution in [2.24, 2.45) is 0 Å². The van der Waals surface area contributed by atoms with Gasteiger partial charge in [0.2, 0.25) is 0 Å². The Labute approximate surface area is 186 Å². The Morgan fingerprint density at radius 2 is 1.13 bits per heavy atom. The lowest BCUT2D eigenvalue weighted by Gasteiger charge is -2.31. The highest BCUT2D eigenvalue weighted by atomic mass is 15.2. The lowest BCUT2D eigenvalue weighted by Crippen LogP contribution is -2.32. The molecule has 5 rings (SSSR count). The minimum atomic E-state index is 0.0475. The fraction of sp³-hybridized carbons (Fsp3) is 0.200. The van der Waals surface area contributed by atoms with Crippen molar-refractivity contribution in [3.05, 3.63) is 132 Å². The first-order valence-corrected chi connectivity index (χ1v) is 11.2. The third-order valence-corrected chi connectivity index (χ3v) is 6.84. The average molecular weight is 404 g/mol. The SMILES string of the molecule is CC1CC(c2ccccc2)(c2ccccc2)CN1Cc1ccc(-c2ccccc2)cc1. The van der Waals surface area contributed by atoms with Gasteiger partial charge in [-0.15, -0.1) is 0 Å². The van der Waals surface area contributed by atoms with Crippen molar-refractivity contribution in [1.82, 2.24) is 4.90 Å². The Morgan fingerprint density at radius 1 is 0.645 bits per heavy atom. The summed E-state index contributed by atoms with van der Waals surface area (Å²) in [6, 6.07) is 42.4. The zero-order valence-electron chi connectivity index (χ0n) is 18.1. The first-order valence-electron chi connectivity index (χ1n) is 11.2. The molecule has 1 heteroatoms. The van der Waals surface area contributed by atoms with Crippen LogP contribution in [0.25, 0.3) is 11.1 Å². The summed E-state index contributed by atoms with van der Waals surface area (Å²) in [6.45, 7) is 4.41. The fourth-order valence-electron chi connectivity index (χ4n) is 5.18. The molecule has 1 atom stereocenters. The number of rotatable bonds is 5. The van der Waals surface area contributed by atoms with Crippen LogP contribution in [0.3, 0.4) is 0 Å². The van der Waals surface area contributed by atoms with Crippen LogP contribution in [-0.4, -0.2) is 17.5 Å². The van der Waals surface area contributed by atoms with E-state index in [0.29, 0.717) is 6.04 Å². The molecule has 0 spiro atoms. The monoisotopic (exact) mass is 403 g/mol. The average Bonchev–Trinajstić information content (AvgIpc) is 3.18. The molecule has 0 radical (unpaired) electrons. The molecule has 0 N–H and O–H groups in total. The maximum Gasteiger partial charge on any atom is 0.0344 e. The Hall–Kier alpha value is -3.16. The first-order chi connectivity index (χ1) is 15.2. The summed E-state index contributed by atoms with van der Waals surface area (Å²) in [5.74, 6) is 0. The molecule has 0 amide bonds. The van der Waals surface area contributed by atoms with E-state index in [4.69, 9.17) is 0 Å². The van der Waals surface area contributed by atoms with Gasteiger partial charge < -0.3 is 0 Å². The van der Waals surface area contributed by atoms with Gasteiger partial charge in [-0.05, 0) is 41.2 Å². The summed E-state index contributed by atoms with van der Waals surface area (Å²) >= 11 is 0. The second kappa shape index (κ2) is 8.53. The van der Waals surface area contributed by atoms with Crippen LogP contribution in [0.2, 0.25) is 0 Å². The van der Waals surface area contributed by atoms with Crippen LogP contribution in [0.5, 0.6) is 0 Å². The van der Waals surface area contributed by atoms with E-state index < -0.39 is 0 Å². The van der Waals surface area contributed by atoms with Crippen molar-refractivity contribution in [1.29, 1.82) is 0 Å². The highest BCUT2D eigenvalue weighted by Crippen LogP contribution is 2.44. The standard InChI is InChI=1S/C30H29N/c1-24-21-30(28-13-7-3-8-14-28,29-15-9-4-10-16-29)23-31(24)22-25-17-19-27(20-18-25)26-11-5-2-6-12-26/h2-20,24H,21-23H2,1H3. The van der Waals surface area contributed by atoms with Gasteiger partial charge in [0.05, 0.1) is 0 Å². The van der Waals surface area contributed by atoms with E-state index in [-0.39, 0.29) is 5.41 Å². The third-order valence-electron chi connectivity index (χ3n) is 6.84. The molecular formula is C30H29N. The number of hydrogen-bond acceptors (Lipinski definition) is 1. The molecule has 154 valence electrons. The molecule has 1 saturated heterocycles. The van der Waals surface area contributed by atoms with Gasteiger partial charge in [0, 0.05) is 24.5 Å². The molecule has 1 aliphatic heterocycles. The van der Waals surface area contributed by atoms with Crippen LogP contribution in [0.15, 0.2) is 115 Å². The zero-order chi connectivity index (χ0) is 21.1. The van der Waals surface area contributed by atoms with E-state index in [9.17, 15) is 0 Å². The summed E-state index contributed by atoms with van der Waals surface area (Å²) in [6.07, 6.45) is 1.14. The lowest BCUT2D eigenvalue weighted by molar-refractivity contribution is 0.255. The number of nitrogens with zero attached hydrogens (tertiary/aromatic N) is 1. The van der Waals surface area contributed by atoms with Crippen molar-refractivity contribution in [3.8, 4) is 11.1 Å². The number of benzene rings is 4. The quantitative estimate of drug-likeness (QED) is 0.349. The van der Waals surface area contributed by atoms with Gasteiger partial charge in [-0.2, -0.15) is 0 Å². The molecule has 1 nitrogen and oxygen atoms in total. The summed E-state index contributed by atoms with van der Waals surface area (Å²) in [5.41, 5.74) is 6.83. The van der Waals surface area contributed by atoms with Gasteiger partial charge >= 0.3 is 0 Å². The molecule has 0 saturated carbocycles. The first kappa shape index (κ1) is 19.8. The molecule has 1 unspecified atom stereocenters. The van der Waals surface area contributed by atoms with Gasteiger partial charge in [0.15, 0.2) is 0 Å². The molecule has 0 aromatic heterocycles. The second-order valence-corrected chi connectivity index (χ2v) is 8.84. The van der Waals surface area contributed by atoms with E-state index >= 15 is 0 Å². The summed E-state index contributed by atoms with van der Waals surface area (Å²) < 4.78 is 0. The van der Waals surface area contributed by atoms with Crippen molar-refractivity contribution in [2.75, 3.05) is 6.54 Å². The number of hydrogen-bond donors (Lipinski definition) is 0. The molecule has 0 aliphatic carbocycles. The van der Waals surface area contributed by atoms with E-state index in [2.05, 4.69) is 127 Å². The summed E-state index contributed by atoms with van der Waals surface area (Å²) in [5, 5.41) is 0. The predicted octanol–water partition coefficient (Wildman–Crippen LogP) is 6.93. The minimum Gasteiger partial charge on any atom is -0.295 e. The molecule has 4 aromatic carbocycles. The van der Waals surface area contributed by atoms with E-state index in [0.717, 1.165) is 19.5 Å². The molecular weight excluding hydrogens is 374 g/mol. The van der Waals surface area contributed by atoms with Gasteiger partial charge in [0.25, 0.3) is 0 Å². The fourth-order valence-corrected chi connectivity index (χ4v) is 5.18. The van der Waals surface area contributed by atoms with Crippen LogP contribution in [0.1, 0.15) is 30.0 Å². The highest BCUT2D eigenvalue weighted by Gasteiger charge is 2.44. The van der Waals surface area contributed by atoms with E-state index in [1.807, 2.05) is 0 Å². The van der Waals surface area contributed by atoms with Crippen LogP contribution in [-0.2, 0) is 12.0 Å². The minimum absolute atomic E-state index is 0.0475. The van der Waals surface area contributed by atoms with E-state index in [1.54, 1.807) is 0 Å². The number of likely N-dealkylation sites (tertiary alicyclic amines) is 1. The van der Waals surface area contributed by atoms with Crippen LogP contribution < -0.4 is 0 Å². The molecule has 1 aliphatic rings. The predicted molar refractivity (Wildman–Crippen MR) is 130 cm³/mol. The van der Waals surface area contributed by atoms with Crippen molar-refractivity contribution < 1.29 is 0 Å². The van der Waals surface area contributed by atoms with E-state index in [1.165, 1.54) is 27.8 Å². The van der Waals surface area contributed by atoms with Crippen LogP contribution in [0.4, 0.5) is 0 Å². The Morgan fingerprint density at radius 3 is 1.68 bits per heavy atom. The van der Waals surface area contributed by atoms with Gasteiger partial charge in [-0.3, -0.25) is 4.90 Å². The maximum atomic E-state index is 2.65. The van der Waals surface area contributed by atoms with Crippen LogP contribution in [0, 0.1) is 0 Å². The topological polar surface area (TPSA) is 3.24 Å². The van der Waals surface area contributed by atoms with Gasteiger partial charge in [0.1, 0.15) is 0 Å². The molecule has 1 fully saturated rings. The smallest absolute Gasteiger partial charge is 0.0344 e. The zero-order valence-corrected chi connectivity index (χ0v) is 18.1. The van der Waals surface area contributed by atoms with Crippen molar-refractivity contribution in [3.63, 3.8) is 0 Å². The maximum absolute atomic E-state index is 2.65. The molecule has 0 bridgehead atoms. The van der Waals surface area contributed by atoms with Crippen LogP contribution >= 0.6 is 0 Å². The Balaban J connectivity index is 1.41. The third kappa shape index (κ3) is 3.94. The summed E-state index contributed by atoms with van der Waals surface area (Å²) in [4.78, 5) is 2.65. The Kier molecular flexibility index (Phi) is 5.44. The van der Waals surface area contributed by atoms with Gasteiger partial charge in [-0.25, -0.2) is 0 Å². The molecule has 1 heterocycles. The van der Waals surface area contributed by atoms with Gasteiger partial charge in [-0.1, -0.05) is 115 Å². The summed E-state index contributed by atoms with van der Waals surface area (Å²) in [7, 11) is 0. The molecule has 31 heavy (non-hydrogen) atoms. The lowest BCUT2D eigenvalue weighted by atomic mass is 9.73. The molecule has 4 aromatic rings.